The number of para-hydroxylation sites is 1. The number of aryl methyl sites for hydroxylation is 1. The summed E-state index contributed by atoms with van der Waals surface area (Å²) in [6, 6.07) is 7.15. The average Bonchev–Trinajstić information content (AvgIpc) is 2.33. The Morgan fingerprint density at radius 1 is 1.11 bits per heavy atom. The monoisotopic (exact) mass is 282 g/mol. The van der Waals surface area contributed by atoms with Crippen molar-refractivity contribution in [2.75, 3.05) is 17.7 Å². The lowest BCUT2D eigenvalue weighted by atomic mass is 10.3. The lowest BCUT2D eigenvalue weighted by Crippen LogP contribution is -2.02. The predicted molar refractivity (Wildman–Crippen MR) is 76.1 cm³/mol. The number of aromatic nitrogens is 2. The van der Waals surface area contributed by atoms with Crippen molar-refractivity contribution in [3.8, 4) is 0 Å². The second-order valence-electron chi connectivity index (χ2n) is 3.69. The Morgan fingerprint density at radius 3 is 2.39 bits per heavy atom. The van der Waals surface area contributed by atoms with Crippen LogP contribution in [0.25, 0.3) is 0 Å². The van der Waals surface area contributed by atoms with Crippen LogP contribution in [0.3, 0.4) is 0 Å². The first-order chi connectivity index (χ1) is 8.60. The molecule has 0 fully saturated rings. The van der Waals surface area contributed by atoms with Crippen molar-refractivity contribution in [2.24, 2.45) is 0 Å². The van der Waals surface area contributed by atoms with E-state index in [1.54, 1.807) is 25.2 Å². The molecule has 0 unspecified atom stereocenters. The van der Waals surface area contributed by atoms with Gasteiger partial charge in [-0.1, -0.05) is 29.3 Å². The SMILES string of the molecule is CNc1nc(C)cc(Nc2c(Cl)cccc2Cl)n1. The summed E-state index contributed by atoms with van der Waals surface area (Å²) in [4.78, 5) is 8.49. The van der Waals surface area contributed by atoms with Gasteiger partial charge >= 0.3 is 0 Å². The molecular weight excluding hydrogens is 271 g/mol. The van der Waals surface area contributed by atoms with Crippen LogP contribution in [0.5, 0.6) is 0 Å². The average molecular weight is 283 g/mol. The van der Waals surface area contributed by atoms with Gasteiger partial charge in [-0.3, -0.25) is 0 Å². The van der Waals surface area contributed by atoms with E-state index in [2.05, 4.69) is 20.6 Å². The topological polar surface area (TPSA) is 49.8 Å². The molecule has 0 aliphatic rings. The fourth-order valence-corrected chi connectivity index (χ4v) is 1.98. The molecule has 0 bridgehead atoms. The number of benzene rings is 1. The van der Waals surface area contributed by atoms with Crippen LogP contribution in [0.2, 0.25) is 10.0 Å². The highest BCUT2D eigenvalue weighted by atomic mass is 35.5. The van der Waals surface area contributed by atoms with Crippen LogP contribution in [0.15, 0.2) is 24.3 Å². The molecule has 1 aromatic heterocycles. The van der Waals surface area contributed by atoms with Gasteiger partial charge in [0.15, 0.2) is 0 Å². The van der Waals surface area contributed by atoms with Crippen molar-refractivity contribution in [2.45, 2.75) is 6.92 Å². The summed E-state index contributed by atoms with van der Waals surface area (Å²) >= 11 is 12.2. The summed E-state index contributed by atoms with van der Waals surface area (Å²) in [5.41, 5.74) is 1.49. The second kappa shape index (κ2) is 5.42. The Balaban J connectivity index is 2.37. The van der Waals surface area contributed by atoms with Gasteiger partial charge in [0.1, 0.15) is 5.82 Å². The van der Waals surface area contributed by atoms with Crippen LogP contribution in [-0.2, 0) is 0 Å². The number of hydrogen-bond donors (Lipinski definition) is 2. The Kier molecular flexibility index (Phi) is 3.89. The van der Waals surface area contributed by atoms with E-state index in [4.69, 9.17) is 23.2 Å². The molecule has 0 atom stereocenters. The zero-order valence-electron chi connectivity index (χ0n) is 9.96. The van der Waals surface area contributed by atoms with E-state index in [0.29, 0.717) is 27.5 Å². The predicted octanol–water partition coefficient (Wildman–Crippen LogP) is 3.88. The molecule has 0 saturated heterocycles. The maximum absolute atomic E-state index is 6.09. The van der Waals surface area contributed by atoms with E-state index in [9.17, 15) is 0 Å². The van der Waals surface area contributed by atoms with Crippen molar-refractivity contribution in [1.82, 2.24) is 9.97 Å². The Bertz CT molecular complexity index is 552. The van der Waals surface area contributed by atoms with Gasteiger partial charge in [0, 0.05) is 18.8 Å². The molecular formula is C12H12Cl2N4. The van der Waals surface area contributed by atoms with Gasteiger partial charge in [-0.05, 0) is 19.1 Å². The van der Waals surface area contributed by atoms with Crippen molar-refractivity contribution in [3.63, 3.8) is 0 Å². The first-order valence-electron chi connectivity index (χ1n) is 5.34. The zero-order chi connectivity index (χ0) is 13.1. The molecule has 0 aliphatic heterocycles. The summed E-state index contributed by atoms with van der Waals surface area (Å²) < 4.78 is 0. The van der Waals surface area contributed by atoms with Crippen molar-refractivity contribution < 1.29 is 0 Å². The van der Waals surface area contributed by atoms with Gasteiger partial charge < -0.3 is 10.6 Å². The Labute approximate surface area is 115 Å². The molecule has 94 valence electrons. The molecule has 6 heteroatoms. The van der Waals surface area contributed by atoms with Crippen molar-refractivity contribution in [3.05, 3.63) is 40.0 Å². The van der Waals surface area contributed by atoms with E-state index in [1.807, 2.05) is 13.0 Å². The molecule has 1 aromatic carbocycles. The van der Waals surface area contributed by atoms with Gasteiger partial charge in [-0.15, -0.1) is 0 Å². The highest BCUT2D eigenvalue weighted by Crippen LogP contribution is 2.32. The van der Waals surface area contributed by atoms with E-state index < -0.39 is 0 Å². The molecule has 0 saturated carbocycles. The molecule has 0 radical (unpaired) electrons. The van der Waals surface area contributed by atoms with Gasteiger partial charge in [0.25, 0.3) is 0 Å². The van der Waals surface area contributed by atoms with E-state index in [0.717, 1.165) is 5.69 Å². The van der Waals surface area contributed by atoms with Gasteiger partial charge in [-0.25, -0.2) is 4.98 Å². The van der Waals surface area contributed by atoms with Gasteiger partial charge in [0.05, 0.1) is 15.7 Å². The van der Waals surface area contributed by atoms with Crippen LogP contribution < -0.4 is 10.6 Å². The molecule has 18 heavy (non-hydrogen) atoms. The fourth-order valence-electron chi connectivity index (χ4n) is 1.49. The summed E-state index contributed by atoms with van der Waals surface area (Å²) in [5.74, 6) is 1.18. The first kappa shape index (κ1) is 12.9. The minimum atomic E-state index is 0.542. The van der Waals surface area contributed by atoms with E-state index in [-0.39, 0.29) is 0 Å². The highest BCUT2D eigenvalue weighted by molar-refractivity contribution is 6.39. The molecule has 4 nitrogen and oxygen atoms in total. The van der Waals surface area contributed by atoms with E-state index in [1.165, 1.54) is 0 Å². The molecule has 0 amide bonds. The minimum Gasteiger partial charge on any atom is -0.357 e. The van der Waals surface area contributed by atoms with Crippen molar-refractivity contribution in [1.29, 1.82) is 0 Å². The maximum Gasteiger partial charge on any atom is 0.224 e. The number of hydrogen-bond acceptors (Lipinski definition) is 4. The maximum atomic E-state index is 6.09. The first-order valence-corrected chi connectivity index (χ1v) is 6.10. The Hall–Kier alpha value is -1.52. The van der Waals surface area contributed by atoms with Crippen molar-refractivity contribution >= 4 is 40.7 Å². The third-order valence-corrected chi connectivity index (χ3v) is 2.92. The lowest BCUT2D eigenvalue weighted by Gasteiger charge is -2.11. The normalized spacial score (nSPS) is 10.2. The molecule has 2 N–H and O–H groups in total. The summed E-state index contributed by atoms with van der Waals surface area (Å²) in [6.45, 7) is 1.89. The third-order valence-electron chi connectivity index (χ3n) is 2.29. The summed E-state index contributed by atoms with van der Waals surface area (Å²) in [5, 5.41) is 7.09. The number of nitrogens with one attached hydrogen (secondary N) is 2. The smallest absolute Gasteiger partial charge is 0.224 e. The molecule has 2 rings (SSSR count). The third kappa shape index (κ3) is 2.83. The molecule has 0 aliphatic carbocycles. The summed E-state index contributed by atoms with van der Waals surface area (Å²) in [7, 11) is 1.76. The van der Waals surface area contributed by atoms with Gasteiger partial charge in [0.2, 0.25) is 5.95 Å². The lowest BCUT2D eigenvalue weighted by molar-refractivity contribution is 1.10. The van der Waals surface area contributed by atoms with Crippen LogP contribution in [0.4, 0.5) is 17.5 Å². The minimum absolute atomic E-state index is 0.542. The highest BCUT2D eigenvalue weighted by Gasteiger charge is 2.07. The number of halogens is 2. The standard InChI is InChI=1S/C12H12Cl2N4/c1-7-6-10(18-12(15-2)16-7)17-11-8(13)4-3-5-9(11)14/h3-6H,1-2H3,(H2,15,16,17,18). The zero-order valence-corrected chi connectivity index (χ0v) is 11.5. The quantitative estimate of drug-likeness (QED) is 0.897. The summed E-state index contributed by atoms with van der Waals surface area (Å²) in [6.07, 6.45) is 0. The van der Waals surface area contributed by atoms with Crippen LogP contribution >= 0.6 is 23.2 Å². The Morgan fingerprint density at radius 2 is 1.78 bits per heavy atom. The molecule has 0 spiro atoms. The number of anilines is 3. The molecule has 2 aromatic rings. The van der Waals surface area contributed by atoms with Crippen LogP contribution in [0, 0.1) is 6.92 Å². The largest absolute Gasteiger partial charge is 0.357 e. The number of rotatable bonds is 3. The van der Waals surface area contributed by atoms with E-state index >= 15 is 0 Å². The fraction of sp³-hybridized carbons (Fsp3) is 0.167. The van der Waals surface area contributed by atoms with Gasteiger partial charge in [-0.2, -0.15) is 4.98 Å². The van der Waals surface area contributed by atoms with Crippen LogP contribution in [0.1, 0.15) is 5.69 Å². The van der Waals surface area contributed by atoms with Crippen LogP contribution in [-0.4, -0.2) is 17.0 Å². The second-order valence-corrected chi connectivity index (χ2v) is 4.50. The molecule has 1 heterocycles. The number of nitrogens with zero attached hydrogens (tertiary/aromatic N) is 2.